The summed E-state index contributed by atoms with van der Waals surface area (Å²) < 4.78 is 15.2. The molecule has 0 spiro atoms. The molecule has 2 aromatic rings. The first-order chi connectivity index (χ1) is 9.56. The predicted octanol–water partition coefficient (Wildman–Crippen LogP) is 2.28. The quantitative estimate of drug-likeness (QED) is 0.929. The van der Waals surface area contributed by atoms with Crippen LogP contribution in [0.4, 0.5) is 4.39 Å². The third kappa shape index (κ3) is 2.70. The van der Waals surface area contributed by atoms with Gasteiger partial charge in [-0.2, -0.15) is 10.4 Å². The van der Waals surface area contributed by atoms with Gasteiger partial charge in [0.25, 0.3) is 0 Å². The molecule has 4 nitrogen and oxygen atoms in total. The molecule has 1 N–H and O–H groups in total. The molecule has 0 bridgehead atoms. The summed E-state index contributed by atoms with van der Waals surface area (Å²) in [7, 11) is 1.89. The van der Waals surface area contributed by atoms with Crippen molar-refractivity contribution in [2.75, 3.05) is 7.05 Å². The van der Waals surface area contributed by atoms with Crippen LogP contribution in [0.15, 0.2) is 18.2 Å². The van der Waals surface area contributed by atoms with Crippen molar-refractivity contribution in [2.45, 2.75) is 26.9 Å². The van der Waals surface area contributed by atoms with Crippen LogP contribution in [0, 0.1) is 31.0 Å². The normalized spacial score (nSPS) is 10.6. The average Bonchev–Trinajstić information content (AvgIpc) is 2.67. The van der Waals surface area contributed by atoms with E-state index in [1.807, 2.05) is 25.6 Å². The minimum absolute atomic E-state index is 0.337. The summed E-state index contributed by atoms with van der Waals surface area (Å²) in [6, 6.07) is 6.29. The number of benzene rings is 1. The molecule has 0 amide bonds. The van der Waals surface area contributed by atoms with Gasteiger partial charge in [0, 0.05) is 17.8 Å². The number of nitriles is 1. The SMILES string of the molecule is CNCc1c(C)nn(Cc2cc(F)ccc2C#N)c1C. The lowest BCUT2D eigenvalue weighted by Crippen LogP contribution is -2.09. The van der Waals surface area contributed by atoms with Crippen LogP contribution in [0.5, 0.6) is 0 Å². The van der Waals surface area contributed by atoms with Crippen molar-refractivity contribution in [3.05, 3.63) is 52.1 Å². The Kier molecular flexibility index (Phi) is 4.16. The van der Waals surface area contributed by atoms with Gasteiger partial charge in [-0.25, -0.2) is 4.39 Å². The van der Waals surface area contributed by atoms with Crippen LogP contribution in [0.1, 0.15) is 28.1 Å². The standard InChI is InChI=1S/C15H17FN4/c1-10-15(8-18-3)11(2)20(19-10)9-13-6-14(16)5-4-12(13)7-17/h4-6,18H,8-9H2,1-3H3. The predicted molar refractivity (Wildman–Crippen MR) is 74.7 cm³/mol. The Morgan fingerprint density at radius 1 is 1.40 bits per heavy atom. The maximum absolute atomic E-state index is 13.3. The highest BCUT2D eigenvalue weighted by Crippen LogP contribution is 2.17. The van der Waals surface area contributed by atoms with Crippen molar-refractivity contribution in [3.8, 4) is 6.07 Å². The molecule has 0 aliphatic heterocycles. The van der Waals surface area contributed by atoms with E-state index in [2.05, 4.69) is 16.5 Å². The van der Waals surface area contributed by atoms with Gasteiger partial charge in [-0.3, -0.25) is 4.68 Å². The van der Waals surface area contributed by atoms with E-state index in [0.717, 1.165) is 23.5 Å². The fraction of sp³-hybridized carbons (Fsp3) is 0.333. The smallest absolute Gasteiger partial charge is 0.123 e. The zero-order valence-electron chi connectivity index (χ0n) is 11.9. The van der Waals surface area contributed by atoms with Gasteiger partial charge in [0.05, 0.1) is 23.9 Å². The summed E-state index contributed by atoms with van der Waals surface area (Å²) >= 11 is 0. The van der Waals surface area contributed by atoms with Crippen LogP contribution in [0.25, 0.3) is 0 Å². The highest BCUT2D eigenvalue weighted by atomic mass is 19.1. The third-order valence-electron chi connectivity index (χ3n) is 3.39. The number of halogens is 1. The number of hydrogen-bond donors (Lipinski definition) is 1. The number of nitrogens with one attached hydrogen (secondary N) is 1. The van der Waals surface area contributed by atoms with Crippen molar-refractivity contribution in [2.24, 2.45) is 0 Å². The Labute approximate surface area is 117 Å². The van der Waals surface area contributed by atoms with Crippen molar-refractivity contribution in [1.82, 2.24) is 15.1 Å². The minimum Gasteiger partial charge on any atom is -0.316 e. The van der Waals surface area contributed by atoms with Gasteiger partial charge in [0.1, 0.15) is 5.82 Å². The summed E-state index contributed by atoms with van der Waals surface area (Å²) in [5, 5.41) is 16.7. The fourth-order valence-electron chi connectivity index (χ4n) is 2.28. The lowest BCUT2D eigenvalue weighted by molar-refractivity contribution is 0.614. The second kappa shape index (κ2) is 5.85. The summed E-state index contributed by atoms with van der Waals surface area (Å²) in [5.41, 5.74) is 4.25. The van der Waals surface area contributed by atoms with Crippen molar-refractivity contribution in [3.63, 3.8) is 0 Å². The zero-order chi connectivity index (χ0) is 14.7. The van der Waals surface area contributed by atoms with Crippen molar-refractivity contribution >= 4 is 0 Å². The Bertz CT molecular complexity index is 667. The molecule has 0 unspecified atom stereocenters. The molecule has 0 fully saturated rings. The van der Waals surface area contributed by atoms with Crippen LogP contribution < -0.4 is 5.32 Å². The maximum Gasteiger partial charge on any atom is 0.123 e. The Morgan fingerprint density at radius 2 is 2.15 bits per heavy atom. The molecular formula is C15H17FN4. The van der Waals surface area contributed by atoms with Gasteiger partial charge in [-0.15, -0.1) is 0 Å². The highest BCUT2D eigenvalue weighted by Gasteiger charge is 2.12. The molecule has 1 heterocycles. The van der Waals surface area contributed by atoms with Gasteiger partial charge >= 0.3 is 0 Å². The van der Waals surface area contributed by atoms with Crippen LogP contribution in [0.3, 0.4) is 0 Å². The Hall–Kier alpha value is -2.19. The molecule has 1 aromatic heterocycles. The van der Waals surface area contributed by atoms with E-state index in [1.54, 1.807) is 0 Å². The molecule has 0 aliphatic rings. The zero-order valence-corrected chi connectivity index (χ0v) is 11.9. The maximum atomic E-state index is 13.3. The lowest BCUT2D eigenvalue weighted by Gasteiger charge is -2.07. The molecule has 1 aromatic carbocycles. The molecule has 0 saturated carbocycles. The number of rotatable bonds is 4. The van der Waals surface area contributed by atoms with E-state index in [-0.39, 0.29) is 5.82 Å². The molecule has 0 saturated heterocycles. The molecule has 5 heteroatoms. The first-order valence-electron chi connectivity index (χ1n) is 6.42. The van der Waals surface area contributed by atoms with Crippen LogP contribution in [-0.4, -0.2) is 16.8 Å². The lowest BCUT2D eigenvalue weighted by atomic mass is 10.1. The largest absolute Gasteiger partial charge is 0.316 e. The van der Waals surface area contributed by atoms with Crippen LogP contribution in [-0.2, 0) is 13.1 Å². The van der Waals surface area contributed by atoms with Gasteiger partial charge in [-0.1, -0.05) is 0 Å². The van der Waals surface area contributed by atoms with Crippen LogP contribution in [0.2, 0.25) is 0 Å². The highest BCUT2D eigenvalue weighted by molar-refractivity contribution is 5.38. The van der Waals surface area contributed by atoms with Crippen molar-refractivity contribution in [1.29, 1.82) is 5.26 Å². The Balaban J connectivity index is 2.38. The van der Waals surface area contributed by atoms with Gasteiger partial charge < -0.3 is 5.32 Å². The second-order valence-corrected chi connectivity index (χ2v) is 4.75. The van der Waals surface area contributed by atoms with Gasteiger partial charge in [0.15, 0.2) is 0 Å². The number of aryl methyl sites for hydroxylation is 1. The van der Waals surface area contributed by atoms with E-state index in [9.17, 15) is 4.39 Å². The molecule has 20 heavy (non-hydrogen) atoms. The molecule has 104 valence electrons. The molecule has 0 aliphatic carbocycles. The first kappa shape index (κ1) is 14.2. The van der Waals surface area contributed by atoms with Gasteiger partial charge in [0.2, 0.25) is 0 Å². The monoisotopic (exact) mass is 272 g/mol. The average molecular weight is 272 g/mol. The minimum atomic E-state index is -0.337. The summed E-state index contributed by atoms with van der Waals surface area (Å²) in [6.07, 6.45) is 0. The number of aromatic nitrogens is 2. The summed E-state index contributed by atoms with van der Waals surface area (Å²) in [6.45, 7) is 5.08. The van der Waals surface area contributed by atoms with E-state index in [1.165, 1.54) is 18.2 Å². The number of hydrogen-bond acceptors (Lipinski definition) is 3. The molecule has 2 rings (SSSR count). The topological polar surface area (TPSA) is 53.6 Å². The third-order valence-corrected chi connectivity index (χ3v) is 3.39. The van der Waals surface area contributed by atoms with E-state index in [4.69, 9.17) is 5.26 Å². The molecular weight excluding hydrogens is 255 g/mol. The first-order valence-corrected chi connectivity index (χ1v) is 6.42. The van der Waals surface area contributed by atoms with E-state index in [0.29, 0.717) is 17.7 Å². The Morgan fingerprint density at radius 3 is 2.80 bits per heavy atom. The molecule has 0 radical (unpaired) electrons. The second-order valence-electron chi connectivity index (χ2n) is 4.75. The summed E-state index contributed by atoms with van der Waals surface area (Å²) in [5.74, 6) is -0.337. The van der Waals surface area contributed by atoms with Gasteiger partial charge in [-0.05, 0) is 44.7 Å². The fourth-order valence-corrected chi connectivity index (χ4v) is 2.28. The van der Waals surface area contributed by atoms with E-state index >= 15 is 0 Å². The summed E-state index contributed by atoms with van der Waals surface area (Å²) in [4.78, 5) is 0. The van der Waals surface area contributed by atoms with Crippen LogP contribution >= 0.6 is 0 Å². The molecule has 0 atom stereocenters. The van der Waals surface area contributed by atoms with Crippen molar-refractivity contribution < 1.29 is 4.39 Å². The number of nitrogens with zero attached hydrogens (tertiary/aromatic N) is 3. The van der Waals surface area contributed by atoms with E-state index < -0.39 is 0 Å².